The van der Waals surface area contributed by atoms with Crippen LogP contribution < -0.4 is 0 Å². The van der Waals surface area contributed by atoms with Crippen LogP contribution in [0.2, 0.25) is 0 Å². The van der Waals surface area contributed by atoms with Crippen molar-refractivity contribution in [1.82, 2.24) is 4.98 Å². The first kappa shape index (κ1) is 16.4. The van der Waals surface area contributed by atoms with Crippen LogP contribution in [0.1, 0.15) is 48.2 Å². The van der Waals surface area contributed by atoms with Crippen molar-refractivity contribution in [3.63, 3.8) is 0 Å². The first-order chi connectivity index (χ1) is 11.8. The van der Waals surface area contributed by atoms with E-state index in [4.69, 9.17) is 4.74 Å². The molecule has 0 radical (unpaired) electrons. The van der Waals surface area contributed by atoms with E-state index in [1.54, 1.807) is 24.4 Å². The molecule has 1 aliphatic rings. The topological polar surface area (TPSA) is 39.2 Å². The summed E-state index contributed by atoms with van der Waals surface area (Å²) in [5, 5.41) is 0. The largest absolute Gasteiger partial charge is 0.453 e. The third-order valence-electron chi connectivity index (χ3n) is 4.40. The fourth-order valence-electron chi connectivity index (χ4n) is 3.12. The minimum absolute atomic E-state index is 0.0935. The summed E-state index contributed by atoms with van der Waals surface area (Å²) in [6, 6.07) is 15.8. The Kier molecular flexibility index (Phi) is 5.78. The number of ether oxygens (including phenoxy) is 1. The van der Waals surface area contributed by atoms with E-state index in [1.807, 2.05) is 6.07 Å². The van der Waals surface area contributed by atoms with Crippen LogP contribution in [0.25, 0.3) is 0 Å². The van der Waals surface area contributed by atoms with E-state index >= 15 is 0 Å². The molecular formula is C21H23NO2. The summed E-state index contributed by atoms with van der Waals surface area (Å²) in [6.07, 6.45) is 10.0. The number of allylic oxidation sites excluding steroid dienone is 1. The third kappa shape index (κ3) is 4.54. The molecule has 1 saturated carbocycles. The van der Waals surface area contributed by atoms with Crippen LogP contribution in [-0.4, -0.2) is 17.1 Å². The van der Waals surface area contributed by atoms with Crippen LogP contribution in [0.4, 0.5) is 0 Å². The van der Waals surface area contributed by atoms with Crippen molar-refractivity contribution < 1.29 is 9.53 Å². The summed E-state index contributed by atoms with van der Waals surface area (Å²) in [4.78, 5) is 16.3. The molecule has 0 saturated heterocycles. The first-order valence-electron chi connectivity index (χ1n) is 8.68. The molecule has 1 unspecified atom stereocenters. The van der Waals surface area contributed by atoms with Gasteiger partial charge in [0, 0.05) is 6.20 Å². The fraction of sp³-hybridized carbons (Fsp3) is 0.333. The van der Waals surface area contributed by atoms with Crippen molar-refractivity contribution in [2.45, 2.75) is 44.6 Å². The highest BCUT2D eigenvalue weighted by atomic mass is 16.5. The second-order valence-corrected chi connectivity index (χ2v) is 6.16. The average molecular weight is 321 g/mol. The van der Waals surface area contributed by atoms with E-state index in [1.165, 1.54) is 17.6 Å². The Morgan fingerprint density at radius 3 is 2.75 bits per heavy atom. The van der Waals surface area contributed by atoms with Gasteiger partial charge in [0.15, 0.2) is 0 Å². The zero-order chi connectivity index (χ0) is 16.6. The number of esters is 1. The molecule has 3 rings (SSSR count). The van der Waals surface area contributed by atoms with Crippen molar-refractivity contribution >= 4 is 5.97 Å². The van der Waals surface area contributed by atoms with Crippen LogP contribution in [0.15, 0.2) is 66.4 Å². The summed E-state index contributed by atoms with van der Waals surface area (Å²) in [5.74, 6) is -0.323. The second kappa shape index (κ2) is 8.44. The van der Waals surface area contributed by atoms with Gasteiger partial charge in [-0.3, -0.25) is 0 Å². The summed E-state index contributed by atoms with van der Waals surface area (Å²) < 4.78 is 5.72. The lowest BCUT2D eigenvalue weighted by Crippen LogP contribution is -2.24. The van der Waals surface area contributed by atoms with Gasteiger partial charge in [-0.25, -0.2) is 9.78 Å². The number of aromatic nitrogens is 1. The van der Waals surface area contributed by atoms with Gasteiger partial charge in [0.25, 0.3) is 0 Å². The highest BCUT2D eigenvalue weighted by Crippen LogP contribution is 2.27. The Labute approximate surface area is 143 Å². The van der Waals surface area contributed by atoms with Gasteiger partial charge >= 0.3 is 5.97 Å². The van der Waals surface area contributed by atoms with Gasteiger partial charge in [-0.15, -0.1) is 0 Å². The molecule has 1 atom stereocenters. The number of aryl methyl sites for hydroxylation is 1. The molecule has 1 aromatic heterocycles. The van der Waals surface area contributed by atoms with E-state index < -0.39 is 0 Å². The zero-order valence-electron chi connectivity index (χ0n) is 13.9. The molecule has 3 heteroatoms. The molecule has 124 valence electrons. The molecule has 1 heterocycles. The van der Waals surface area contributed by atoms with Crippen molar-refractivity contribution in [2.75, 3.05) is 0 Å². The number of nitrogens with zero attached hydrogens (tertiary/aromatic N) is 1. The van der Waals surface area contributed by atoms with E-state index in [2.05, 4.69) is 35.3 Å². The Morgan fingerprint density at radius 1 is 1.12 bits per heavy atom. The minimum Gasteiger partial charge on any atom is -0.453 e. The van der Waals surface area contributed by atoms with Crippen molar-refractivity contribution in [1.29, 1.82) is 0 Å². The summed E-state index contributed by atoms with van der Waals surface area (Å²) in [6.45, 7) is 0. The Balaban J connectivity index is 1.60. The average Bonchev–Trinajstić information content (AvgIpc) is 2.65. The number of hydrogen-bond acceptors (Lipinski definition) is 3. The van der Waals surface area contributed by atoms with Gasteiger partial charge in [0.2, 0.25) is 0 Å². The molecule has 0 aliphatic heterocycles. The molecule has 0 spiro atoms. The lowest BCUT2D eigenvalue weighted by atomic mass is 9.90. The number of rotatable bonds is 5. The van der Waals surface area contributed by atoms with Gasteiger partial charge in [-0.2, -0.15) is 0 Å². The first-order valence-corrected chi connectivity index (χ1v) is 8.68. The SMILES string of the molecule is O=C(OC1CCCC/C1=C\CCc1ccccc1)c1ccccn1. The van der Waals surface area contributed by atoms with Crippen molar-refractivity contribution in [3.05, 3.63) is 77.6 Å². The van der Waals surface area contributed by atoms with Crippen LogP contribution in [0.5, 0.6) is 0 Å². The van der Waals surface area contributed by atoms with E-state index in [0.717, 1.165) is 32.1 Å². The second-order valence-electron chi connectivity index (χ2n) is 6.16. The number of pyridine rings is 1. The number of hydrogen-bond donors (Lipinski definition) is 0. The fourth-order valence-corrected chi connectivity index (χ4v) is 3.12. The molecule has 0 N–H and O–H groups in total. The predicted octanol–water partition coefficient (Wildman–Crippen LogP) is 4.74. The summed E-state index contributed by atoms with van der Waals surface area (Å²) >= 11 is 0. The lowest BCUT2D eigenvalue weighted by molar-refractivity contribution is 0.0319. The van der Waals surface area contributed by atoms with Crippen LogP contribution in [-0.2, 0) is 11.2 Å². The van der Waals surface area contributed by atoms with Crippen LogP contribution >= 0.6 is 0 Å². The van der Waals surface area contributed by atoms with Gasteiger partial charge in [0.1, 0.15) is 11.8 Å². The molecular weight excluding hydrogens is 298 g/mol. The van der Waals surface area contributed by atoms with Gasteiger partial charge in [-0.05, 0) is 61.8 Å². The van der Waals surface area contributed by atoms with Gasteiger partial charge < -0.3 is 4.74 Å². The summed E-state index contributed by atoms with van der Waals surface area (Å²) in [7, 11) is 0. The Morgan fingerprint density at radius 2 is 1.96 bits per heavy atom. The standard InChI is InChI=1S/C21H23NO2/c23-21(19-14-6-7-16-22-19)24-20-15-5-4-12-18(20)13-8-11-17-9-2-1-3-10-17/h1-3,6-7,9-10,13-14,16,20H,4-5,8,11-12,15H2/b18-13+. The van der Waals surface area contributed by atoms with Crippen molar-refractivity contribution in [3.8, 4) is 0 Å². The maximum Gasteiger partial charge on any atom is 0.357 e. The monoisotopic (exact) mass is 321 g/mol. The minimum atomic E-state index is -0.323. The normalized spacial score (nSPS) is 19.2. The summed E-state index contributed by atoms with van der Waals surface area (Å²) in [5.41, 5.74) is 2.99. The lowest BCUT2D eigenvalue weighted by Gasteiger charge is -2.25. The Bertz CT molecular complexity index is 679. The molecule has 1 aromatic carbocycles. The maximum absolute atomic E-state index is 12.2. The van der Waals surface area contributed by atoms with Crippen LogP contribution in [0.3, 0.4) is 0 Å². The van der Waals surface area contributed by atoms with E-state index in [0.29, 0.717) is 5.69 Å². The molecule has 24 heavy (non-hydrogen) atoms. The van der Waals surface area contributed by atoms with Gasteiger partial charge in [0.05, 0.1) is 0 Å². The Hall–Kier alpha value is -2.42. The van der Waals surface area contributed by atoms with Crippen LogP contribution in [0, 0.1) is 0 Å². The van der Waals surface area contributed by atoms with E-state index in [-0.39, 0.29) is 12.1 Å². The molecule has 1 aliphatic carbocycles. The quantitative estimate of drug-likeness (QED) is 0.590. The molecule has 0 amide bonds. The zero-order valence-corrected chi connectivity index (χ0v) is 13.9. The van der Waals surface area contributed by atoms with E-state index in [9.17, 15) is 4.79 Å². The predicted molar refractivity (Wildman–Crippen MR) is 94.8 cm³/mol. The number of carbonyl (C=O) groups excluding carboxylic acids is 1. The van der Waals surface area contributed by atoms with Crippen molar-refractivity contribution in [2.24, 2.45) is 0 Å². The molecule has 2 aromatic rings. The number of benzene rings is 1. The van der Waals surface area contributed by atoms with Gasteiger partial charge in [-0.1, -0.05) is 42.5 Å². The third-order valence-corrected chi connectivity index (χ3v) is 4.40. The molecule has 0 bridgehead atoms. The highest BCUT2D eigenvalue weighted by Gasteiger charge is 2.23. The molecule has 3 nitrogen and oxygen atoms in total. The smallest absolute Gasteiger partial charge is 0.357 e. The number of carbonyl (C=O) groups is 1. The maximum atomic E-state index is 12.2. The molecule has 1 fully saturated rings. The highest BCUT2D eigenvalue weighted by molar-refractivity contribution is 5.87.